The van der Waals surface area contributed by atoms with E-state index in [0.717, 1.165) is 29.8 Å². The number of rotatable bonds is 6. The summed E-state index contributed by atoms with van der Waals surface area (Å²) >= 11 is 0. The molecule has 172 valence electrons. The van der Waals surface area contributed by atoms with E-state index in [1.54, 1.807) is 30.3 Å². The lowest BCUT2D eigenvalue weighted by Crippen LogP contribution is -2.29. The molecule has 0 aliphatic rings. The molecule has 0 fully saturated rings. The summed E-state index contributed by atoms with van der Waals surface area (Å²) in [6.07, 6.45) is 0.911. The lowest BCUT2D eigenvalue weighted by molar-refractivity contribution is -0.385. The van der Waals surface area contributed by atoms with Crippen LogP contribution in [-0.4, -0.2) is 30.6 Å². The second-order valence-electron chi connectivity index (χ2n) is 7.78. The number of benzene rings is 4. The zero-order valence-corrected chi connectivity index (χ0v) is 18.8. The van der Waals surface area contributed by atoms with Crippen molar-refractivity contribution in [1.82, 2.24) is 5.32 Å². The largest absolute Gasteiger partial charge is 0.508 e. The van der Waals surface area contributed by atoms with Crippen LogP contribution < -0.4 is 5.32 Å². The molecular formula is C25H20N2O6S. The number of phenols is 1. The maximum atomic E-state index is 13.3. The fraction of sp³-hybridized carbons (Fsp3) is 0.0800. The lowest BCUT2D eigenvalue weighted by Gasteiger charge is -2.23. The first kappa shape index (κ1) is 22.9. The van der Waals surface area contributed by atoms with Gasteiger partial charge < -0.3 is 10.4 Å². The number of fused-ring (bicyclic) bond motifs is 1. The Kier molecular flexibility index (Phi) is 6.04. The van der Waals surface area contributed by atoms with Gasteiger partial charge in [-0.1, -0.05) is 60.7 Å². The van der Waals surface area contributed by atoms with Crippen LogP contribution in [0.5, 0.6) is 5.75 Å². The number of non-ortho nitro benzene ring substituents is 1. The Bertz CT molecular complexity index is 1520. The summed E-state index contributed by atoms with van der Waals surface area (Å²) in [7, 11) is -3.81. The Morgan fingerprint density at radius 2 is 1.65 bits per heavy atom. The van der Waals surface area contributed by atoms with E-state index in [1.807, 2.05) is 30.3 Å². The zero-order valence-electron chi connectivity index (χ0n) is 18.0. The van der Waals surface area contributed by atoms with Crippen LogP contribution in [0.3, 0.4) is 0 Å². The third-order valence-electron chi connectivity index (χ3n) is 5.44. The molecule has 1 unspecified atom stereocenters. The van der Waals surface area contributed by atoms with Gasteiger partial charge >= 0.3 is 0 Å². The van der Waals surface area contributed by atoms with E-state index in [1.165, 1.54) is 6.07 Å². The SMILES string of the molecule is CS(=O)(=O)c1cc(C(=O)NC(c2ccccc2)c2c(O)ccc3ccccc23)cc([N+](=O)[O-])c1. The molecule has 34 heavy (non-hydrogen) atoms. The third-order valence-corrected chi connectivity index (χ3v) is 6.53. The molecule has 0 heterocycles. The number of carbonyl (C=O) groups is 1. The molecule has 8 nitrogen and oxygen atoms in total. The summed E-state index contributed by atoms with van der Waals surface area (Å²) in [5, 5.41) is 26.5. The van der Waals surface area contributed by atoms with Crippen LogP contribution >= 0.6 is 0 Å². The Labute approximate surface area is 195 Å². The van der Waals surface area contributed by atoms with Crippen LogP contribution in [0, 0.1) is 10.1 Å². The molecular weight excluding hydrogens is 456 g/mol. The van der Waals surface area contributed by atoms with E-state index in [4.69, 9.17) is 0 Å². The molecule has 0 bridgehead atoms. The number of nitro groups is 1. The zero-order chi connectivity index (χ0) is 24.5. The van der Waals surface area contributed by atoms with Gasteiger partial charge in [-0.3, -0.25) is 14.9 Å². The molecule has 0 aliphatic heterocycles. The normalized spacial score (nSPS) is 12.3. The monoisotopic (exact) mass is 476 g/mol. The molecule has 0 saturated heterocycles. The Balaban J connectivity index is 1.86. The number of nitrogens with zero attached hydrogens (tertiary/aromatic N) is 1. The highest BCUT2D eigenvalue weighted by molar-refractivity contribution is 7.90. The highest BCUT2D eigenvalue weighted by Gasteiger charge is 2.25. The van der Waals surface area contributed by atoms with Gasteiger partial charge in [-0.15, -0.1) is 0 Å². The van der Waals surface area contributed by atoms with Crippen LogP contribution in [0.15, 0.2) is 89.8 Å². The van der Waals surface area contributed by atoms with Crippen LogP contribution in [0.1, 0.15) is 27.5 Å². The molecule has 1 amide bonds. The second kappa shape index (κ2) is 8.95. The Morgan fingerprint density at radius 1 is 0.971 bits per heavy atom. The third kappa shape index (κ3) is 4.60. The van der Waals surface area contributed by atoms with E-state index in [0.29, 0.717) is 16.5 Å². The number of phenolic OH excluding ortho intramolecular Hbond substituents is 1. The van der Waals surface area contributed by atoms with Crippen molar-refractivity contribution in [3.05, 3.63) is 112 Å². The van der Waals surface area contributed by atoms with Crippen LogP contribution in [0.2, 0.25) is 0 Å². The number of aromatic hydroxyl groups is 1. The van der Waals surface area contributed by atoms with Gasteiger partial charge in [-0.05, 0) is 28.5 Å². The van der Waals surface area contributed by atoms with E-state index in [9.17, 15) is 28.4 Å². The topological polar surface area (TPSA) is 127 Å². The summed E-state index contributed by atoms with van der Waals surface area (Å²) in [5.74, 6) is -0.765. The van der Waals surface area contributed by atoms with Crippen molar-refractivity contribution in [1.29, 1.82) is 0 Å². The number of nitro benzene ring substituents is 1. The average molecular weight is 477 g/mol. The number of amides is 1. The van der Waals surface area contributed by atoms with Gasteiger partial charge in [0.25, 0.3) is 11.6 Å². The van der Waals surface area contributed by atoms with Crippen LogP contribution in [0.4, 0.5) is 5.69 Å². The fourth-order valence-electron chi connectivity index (χ4n) is 3.80. The van der Waals surface area contributed by atoms with E-state index in [2.05, 4.69) is 5.32 Å². The van der Waals surface area contributed by atoms with Crippen LogP contribution in [0.25, 0.3) is 10.8 Å². The molecule has 0 spiro atoms. The Morgan fingerprint density at radius 3 is 2.32 bits per heavy atom. The van der Waals surface area contributed by atoms with Crippen molar-refractivity contribution in [3.63, 3.8) is 0 Å². The first-order valence-electron chi connectivity index (χ1n) is 10.2. The standard InChI is InChI=1S/C25H20N2O6S/c1-34(32,33)20-14-18(13-19(15-20)27(30)31)25(29)26-24(17-8-3-2-4-9-17)23-21-10-6-5-7-16(21)11-12-22(23)28/h2-15,24,28H,1H3,(H,26,29). The quantitative estimate of drug-likeness (QED) is 0.314. The average Bonchev–Trinajstić information content (AvgIpc) is 2.82. The predicted octanol–water partition coefficient (Wildman–Crippen LogP) is 4.38. The van der Waals surface area contributed by atoms with Crippen molar-refractivity contribution in [3.8, 4) is 5.75 Å². The van der Waals surface area contributed by atoms with Gasteiger partial charge in [-0.2, -0.15) is 0 Å². The highest BCUT2D eigenvalue weighted by Crippen LogP contribution is 2.36. The van der Waals surface area contributed by atoms with E-state index in [-0.39, 0.29) is 16.2 Å². The number of hydrogen-bond acceptors (Lipinski definition) is 6. The number of carbonyl (C=O) groups excluding carboxylic acids is 1. The molecule has 0 saturated carbocycles. The maximum Gasteiger partial charge on any atom is 0.271 e. The summed E-state index contributed by atoms with van der Waals surface area (Å²) in [6.45, 7) is 0. The molecule has 0 aromatic heterocycles. The van der Waals surface area contributed by atoms with Crippen LogP contribution in [-0.2, 0) is 9.84 Å². The fourth-order valence-corrected chi connectivity index (χ4v) is 4.48. The number of hydrogen-bond donors (Lipinski definition) is 2. The summed E-state index contributed by atoms with van der Waals surface area (Å²) in [6, 6.07) is 21.8. The molecule has 2 N–H and O–H groups in total. The summed E-state index contributed by atoms with van der Waals surface area (Å²) in [4.78, 5) is 23.6. The minimum absolute atomic E-state index is 0.0382. The van der Waals surface area contributed by atoms with Gasteiger partial charge in [0.15, 0.2) is 9.84 Å². The minimum Gasteiger partial charge on any atom is -0.508 e. The maximum absolute atomic E-state index is 13.3. The van der Waals surface area contributed by atoms with Gasteiger partial charge in [0.05, 0.1) is 15.9 Å². The molecule has 0 aliphatic carbocycles. The molecule has 4 rings (SSSR count). The van der Waals surface area contributed by atoms with Crippen molar-refractivity contribution < 1.29 is 23.2 Å². The molecule has 4 aromatic carbocycles. The highest BCUT2D eigenvalue weighted by atomic mass is 32.2. The lowest BCUT2D eigenvalue weighted by atomic mass is 9.92. The van der Waals surface area contributed by atoms with Crippen molar-refractivity contribution in [2.45, 2.75) is 10.9 Å². The molecule has 0 radical (unpaired) electrons. The first-order chi connectivity index (χ1) is 16.1. The van der Waals surface area contributed by atoms with Gasteiger partial charge in [0, 0.05) is 29.5 Å². The second-order valence-corrected chi connectivity index (χ2v) is 9.80. The number of nitrogens with one attached hydrogen (secondary N) is 1. The number of sulfone groups is 1. The molecule has 1 atom stereocenters. The minimum atomic E-state index is -3.81. The first-order valence-corrected chi connectivity index (χ1v) is 12.1. The predicted molar refractivity (Wildman–Crippen MR) is 128 cm³/mol. The van der Waals surface area contributed by atoms with E-state index < -0.39 is 32.4 Å². The summed E-state index contributed by atoms with van der Waals surface area (Å²) in [5.41, 5.74) is 0.412. The summed E-state index contributed by atoms with van der Waals surface area (Å²) < 4.78 is 24.1. The molecule has 4 aromatic rings. The molecule has 9 heteroatoms. The van der Waals surface area contributed by atoms with Crippen molar-refractivity contribution in [2.75, 3.05) is 6.26 Å². The Hall–Kier alpha value is -4.24. The van der Waals surface area contributed by atoms with Crippen molar-refractivity contribution in [2.24, 2.45) is 0 Å². The smallest absolute Gasteiger partial charge is 0.271 e. The van der Waals surface area contributed by atoms with Gasteiger partial charge in [0.1, 0.15) is 5.75 Å². The van der Waals surface area contributed by atoms with Crippen molar-refractivity contribution >= 4 is 32.2 Å². The van der Waals surface area contributed by atoms with Gasteiger partial charge in [-0.25, -0.2) is 8.42 Å². The van der Waals surface area contributed by atoms with Gasteiger partial charge in [0.2, 0.25) is 0 Å². The van der Waals surface area contributed by atoms with E-state index >= 15 is 0 Å².